The Bertz CT molecular complexity index is 1090. The number of carbonyl (C=O) groups excluding carboxylic acids is 1. The van der Waals surface area contributed by atoms with Crippen molar-refractivity contribution >= 4 is 45.9 Å². The van der Waals surface area contributed by atoms with E-state index >= 15 is 0 Å². The molecule has 2 aromatic carbocycles. The molecule has 0 radical (unpaired) electrons. The fourth-order valence-corrected chi connectivity index (χ4v) is 3.73. The number of halogens is 2. The third kappa shape index (κ3) is 5.56. The van der Waals surface area contributed by atoms with E-state index in [0.717, 1.165) is 11.8 Å². The number of carbonyl (C=O) groups is 1. The molecule has 0 bridgehead atoms. The number of anilines is 1. The molecular weight excluding hydrogens is 417 g/mol. The van der Waals surface area contributed by atoms with Gasteiger partial charge >= 0.3 is 0 Å². The number of nitrogens with one attached hydrogen (secondary N) is 1. The summed E-state index contributed by atoms with van der Waals surface area (Å²) in [7, 11) is 1.59. The van der Waals surface area contributed by atoms with E-state index in [2.05, 4.69) is 10.3 Å². The minimum Gasteiger partial charge on any atom is -0.385 e. The smallest absolute Gasteiger partial charge is 0.262 e. The second-order valence-electron chi connectivity index (χ2n) is 6.21. The molecule has 1 amide bonds. The summed E-state index contributed by atoms with van der Waals surface area (Å²) in [5.74, 6) is -0.751. The van der Waals surface area contributed by atoms with Crippen LogP contribution in [0.25, 0.3) is 10.9 Å². The quantitative estimate of drug-likeness (QED) is 0.329. The van der Waals surface area contributed by atoms with E-state index < -0.39 is 5.82 Å². The van der Waals surface area contributed by atoms with Crippen LogP contribution in [0.5, 0.6) is 0 Å². The third-order valence-corrected chi connectivity index (χ3v) is 5.26. The highest BCUT2D eigenvalue weighted by atomic mass is 35.5. The van der Waals surface area contributed by atoms with Crippen LogP contribution in [-0.4, -0.2) is 34.9 Å². The average molecular weight is 436 g/mol. The summed E-state index contributed by atoms with van der Waals surface area (Å²) in [6, 6.07) is 10.6. The zero-order valence-electron chi connectivity index (χ0n) is 15.7. The van der Waals surface area contributed by atoms with E-state index in [1.807, 2.05) is 0 Å². The van der Waals surface area contributed by atoms with E-state index in [4.69, 9.17) is 16.3 Å². The van der Waals surface area contributed by atoms with E-state index in [9.17, 15) is 14.0 Å². The highest BCUT2D eigenvalue weighted by molar-refractivity contribution is 7.99. The first-order chi connectivity index (χ1) is 14.0. The highest BCUT2D eigenvalue weighted by Crippen LogP contribution is 2.21. The van der Waals surface area contributed by atoms with Crippen LogP contribution in [0.2, 0.25) is 5.02 Å². The van der Waals surface area contributed by atoms with Gasteiger partial charge in [-0.3, -0.25) is 14.2 Å². The minimum absolute atomic E-state index is 0.0132. The molecule has 0 spiro atoms. The van der Waals surface area contributed by atoms with E-state index in [-0.39, 0.29) is 17.2 Å². The van der Waals surface area contributed by atoms with Crippen LogP contribution in [0.1, 0.15) is 6.42 Å². The van der Waals surface area contributed by atoms with Crippen molar-refractivity contribution in [2.75, 3.05) is 24.8 Å². The molecule has 0 saturated heterocycles. The third-order valence-electron chi connectivity index (χ3n) is 4.05. The summed E-state index contributed by atoms with van der Waals surface area (Å²) < 4.78 is 19.9. The molecular formula is C20H19ClFN3O3S. The second kappa shape index (κ2) is 9.87. The number of rotatable bonds is 8. The van der Waals surface area contributed by atoms with Crippen LogP contribution in [0.3, 0.4) is 0 Å². The van der Waals surface area contributed by atoms with Gasteiger partial charge < -0.3 is 10.1 Å². The second-order valence-corrected chi connectivity index (χ2v) is 7.59. The topological polar surface area (TPSA) is 73.2 Å². The molecule has 0 atom stereocenters. The molecule has 29 heavy (non-hydrogen) atoms. The van der Waals surface area contributed by atoms with Gasteiger partial charge in [-0.1, -0.05) is 29.4 Å². The van der Waals surface area contributed by atoms with Crippen molar-refractivity contribution in [1.29, 1.82) is 0 Å². The average Bonchev–Trinajstić information content (AvgIpc) is 2.68. The summed E-state index contributed by atoms with van der Waals surface area (Å²) in [4.78, 5) is 29.7. The Morgan fingerprint density at radius 3 is 2.90 bits per heavy atom. The maximum absolute atomic E-state index is 13.3. The predicted molar refractivity (Wildman–Crippen MR) is 113 cm³/mol. The van der Waals surface area contributed by atoms with Gasteiger partial charge in [-0.05, 0) is 42.8 Å². The van der Waals surface area contributed by atoms with Gasteiger partial charge in [-0.15, -0.1) is 0 Å². The van der Waals surface area contributed by atoms with Gasteiger partial charge in [0.05, 0.1) is 16.7 Å². The van der Waals surface area contributed by atoms with Gasteiger partial charge in [-0.25, -0.2) is 9.37 Å². The fourth-order valence-electron chi connectivity index (χ4n) is 2.74. The number of methoxy groups -OCH3 is 1. The SMILES string of the molecule is COCCCn1c(SCC(=O)Nc2cccc(F)c2)nc2cc(Cl)ccc2c1=O. The van der Waals surface area contributed by atoms with Crippen molar-refractivity contribution < 1.29 is 13.9 Å². The Morgan fingerprint density at radius 2 is 2.14 bits per heavy atom. The molecule has 0 aliphatic heterocycles. The standard InChI is InChI=1S/C20H19ClFN3O3S/c1-28-9-3-8-25-19(27)16-7-6-13(21)10-17(16)24-20(25)29-12-18(26)23-15-5-2-4-14(22)11-15/h2,4-7,10-11H,3,8-9,12H2,1H3,(H,23,26). The van der Waals surface area contributed by atoms with Crippen LogP contribution in [-0.2, 0) is 16.1 Å². The van der Waals surface area contributed by atoms with Crippen molar-refractivity contribution in [3.05, 3.63) is 63.7 Å². The van der Waals surface area contributed by atoms with E-state index in [0.29, 0.717) is 46.3 Å². The van der Waals surface area contributed by atoms with Crippen molar-refractivity contribution in [2.24, 2.45) is 0 Å². The summed E-state index contributed by atoms with van der Waals surface area (Å²) in [5, 5.41) is 3.97. The number of aromatic nitrogens is 2. The maximum Gasteiger partial charge on any atom is 0.262 e. The zero-order valence-corrected chi connectivity index (χ0v) is 17.2. The number of hydrogen-bond donors (Lipinski definition) is 1. The lowest BCUT2D eigenvalue weighted by atomic mass is 10.2. The van der Waals surface area contributed by atoms with Crippen LogP contribution in [0, 0.1) is 5.82 Å². The summed E-state index contributed by atoms with van der Waals surface area (Å²) >= 11 is 7.16. The van der Waals surface area contributed by atoms with Gasteiger partial charge in [0.2, 0.25) is 5.91 Å². The maximum atomic E-state index is 13.3. The molecule has 0 aliphatic carbocycles. The molecule has 1 N–H and O–H groups in total. The van der Waals surface area contributed by atoms with Crippen LogP contribution < -0.4 is 10.9 Å². The van der Waals surface area contributed by atoms with E-state index in [1.54, 1.807) is 31.4 Å². The van der Waals surface area contributed by atoms with Gasteiger partial charge in [0.15, 0.2) is 5.16 Å². The van der Waals surface area contributed by atoms with E-state index in [1.165, 1.54) is 22.8 Å². The first-order valence-electron chi connectivity index (χ1n) is 8.85. The summed E-state index contributed by atoms with van der Waals surface area (Å²) in [6.07, 6.45) is 0.625. The van der Waals surface area contributed by atoms with Crippen molar-refractivity contribution in [3.63, 3.8) is 0 Å². The molecule has 3 rings (SSSR count). The lowest BCUT2D eigenvalue weighted by molar-refractivity contribution is -0.113. The van der Waals surface area contributed by atoms with Crippen molar-refractivity contribution in [1.82, 2.24) is 9.55 Å². The van der Waals surface area contributed by atoms with Gasteiger partial charge in [0.25, 0.3) is 5.56 Å². The Labute approximate surface area is 176 Å². The number of amides is 1. The molecule has 0 aliphatic rings. The Kier molecular flexibility index (Phi) is 7.24. The molecule has 0 unspecified atom stereocenters. The normalized spacial score (nSPS) is 11.0. The first-order valence-corrected chi connectivity index (χ1v) is 10.2. The first kappa shape index (κ1) is 21.3. The molecule has 9 heteroatoms. The number of fused-ring (bicyclic) bond motifs is 1. The van der Waals surface area contributed by atoms with Crippen molar-refractivity contribution in [2.45, 2.75) is 18.1 Å². The predicted octanol–water partition coefficient (Wildman–Crippen LogP) is 3.96. The number of ether oxygens (including phenoxy) is 1. The van der Waals surface area contributed by atoms with Crippen LogP contribution in [0.4, 0.5) is 10.1 Å². The van der Waals surface area contributed by atoms with Crippen LogP contribution in [0.15, 0.2) is 52.4 Å². The van der Waals surface area contributed by atoms with Crippen LogP contribution >= 0.6 is 23.4 Å². The molecule has 0 saturated carbocycles. The fraction of sp³-hybridized carbons (Fsp3) is 0.250. The lowest BCUT2D eigenvalue weighted by Crippen LogP contribution is -2.25. The minimum atomic E-state index is -0.435. The van der Waals surface area contributed by atoms with Gasteiger partial charge in [-0.2, -0.15) is 0 Å². The summed E-state index contributed by atoms with van der Waals surface area (Å²) in [5.41, 5.74) is 0.640. The highest BCUT2D eigenvalue weighted by Gasteiger charge is 2.14. The Balaban J connectivity index is 1.83. The van der Waals surface area contributed by atoms with Gasteiger partial charge in [0.1, 0.15) is 5.82 Å². The largest absolute Gasteiger partial charge is 0.385 e. The van der Waals surface area contributed by atoms with Gasteiger partial charge in [0, 0.05) is 31.0 Å². The molecule has 1 aromatic heterocycles. The Morgan fingerprint density at radius 1 is 1.31 bits per heavy atom. The monoisotopic (exact) mass is 435 g/mol. The molecule has 6 nitrogen and oxygen atoms in total. The molecule has 1 heterocycles. The number of hydrogen-bond acceptors (Lipinski definition) is 5. The number of thioether (sulfide) groups is 1. The molecule has 0 fully saturated rings. The Hall–Kier alpha value is -2.42. The summed E-state index contributed by atoms with van der Waals surface area (Å²) in [6.45, 7) is 0.904. The number of benzene rings is 2. The molecule has 3 aromatic rings. The zero-order chi connectivity index (χ0) is 20.8. The molecule has 152 valence electrons. The lowest BCUT2D eigenvalue weighted by Gasteiger charge is -2.13. The van der Waals surface area contributed by atoms with Crippen molar-refractivity contribution in [3.8, 4) is 0 Å². The number of nitrogens with zero attached hydrogens (tertiary/aromatic N) is 2.